The zero-order valence-corrected chi connectivity index (χ0v) is 16.4. The summed E-state index contributed by atoms with van der Waals surface area (Å²) >= 11 is 1.36. The second-order valence-electron chi connectivity index (χ2n) is 5.12. The van der Waals surface area contributed by atoms with Gasteiger partial charge < -0.3 is 20.9 Å². The van der Waals surface area contributed by atoms with Gasteiger partial charge in [0.25, 0.3) is 0 Å². The maximum atomic E-state index is 11.8. The molecular weight excluding hydrogens is 410 g/mol. The number of thiazole rings is 1. The van der Waals surface area contributed by atoms with Crippen molar-refractivity contribution in [2.24, 2.45) is 21.7 Å². The minimum Gasteiger partial charge on any atom is -0.496 e. The largest absolute Gasteiger partial charge is 0.496 e. The Kier molecular flexibility index (Phi) is 6.38. The van der Waals surface area contributed by atoms with Gasteiger partial charge in [0.2, 0.25) is 5.96 Å². The topological polar surface area (TPSA) is 156 Å². The summed E-state index contributed by atoms with van der Waals surface area (Å²) in [7, 11) is 2.77. The van der Waals surface area contributed by atoms with Gasteiger partial charge in [-0.2, -0.15) is 5.10 Å². The first kappa shape index (κ1) is 20.9. The van der Waals surface area contributed by atoms with Gasteiger partial charge in [-0.05, 0) is 12.1 Å². The highest BCUT2D eigenvalue weighted by Crippen LogP contribution is 2.44. The monoisotopic (exact) mass is 425 g/mol. The van der Waals surface area contributed by atoms with E-state index in [1.54, 1.807) is 16.7 Å². The molecule has 0 aliphatic heterocycles. The van der Waals surface area contributed by atoms with Crippen molar-refractivity contribution in [3.05, 3.63) is 39.5 Å². The number of nitro benzene ring substituents is 1. The molecule has 0 aliphatic carbocycles. The van der Waals surface area contributed by atoms with Gasteiger partial charge in [-0.25, -0.2) is 4.98 Å². The molecule has 28 heavy (non-hydrogen) atoms. The van der Waals surface area contributed by atoms with Gasteiger partial charge in [0, 0.05) is 11.6 Å². The number of nitrogens with zero attached hydrogens (tertiary/aromatic N) is 5. The van der Waals surface area contributed by atoms with E-state index in [0.29, 0.717) is 16.3 Å². The van der Waals surface area contributed by atoms with Crippen molar-refractivity contribution < 1.29 is 14.4 Å². The Hall–Kier alpha value is -3.38. The van der Waals surface area contributed by atoms with Crippen LogP contribution < -0.4 is 20.9 Å². The lowest BCUT2D eigenvalue weighted by Crippen LogP contribution is -2.21. The molecule has 0 spiro atoms. The summed E-state index contributed by atoms with van der Waals surface area (Å²) in [6.45, 7) is 0. The van der Waals surface area contributed by atoms with Crippen LogP contribution in [0.15, 0.2) is 33.9 Å². The average molecular weight is 426 g/mol. The number of methoxy groups -OCH3 is 2. The number of guanidine groups is 1. The van der Waals surface area contributed by atoms with E-state index in [2.05, 4.69) is 15.2 Å². The molecule has 0 bridgehead atoms. The van der Waals surface area contributed by atoms with E-state index in [0.717, 1.165) is 0 Å². The van der Waals surface area contributed by atoms with Crippen molar-refractivity contribution in [1.82, 2.24) is 9.38 Å². The first-order chi connectivity index (χ1) is 13.0. The molecule has 3 rings (SSSR count). The summed E-state index contributed by atoms with van der Waals surface area (Å²) in [6, 6.07) is 3.04. The molecule has 3 aromatic rings. The molecule has 11 nitrogen and oxygen atoms in total. The molecule has 0 unspecified atom stereocenters. The summed E-state index contributed by atoms with van der Waals surface area (Å²) in [5, 5.41) is 21.0. The van der Waals surface area contributed by atoms with E-state index in [1.165, 1.54) is 37.8 Å². The van der Waals surface area contributed by atoms with Crippen LogP contribution in [0.3, 0.4) is 0 Å². The SMILES string of the molecule is COc1ccc(OC)c([N+](=O)[O-])c1-c1nc2sccn2c1/C=N/N=C(N)N.Cl. The third-order valence-corrected chi connectivity index (χ3v) is 4.37. The molecule has 2 heterocycles. The van der Waals surface area contributed by atoms with Crippen LogP contribution in [0, 0.1) is 10.1 Å². The number of halogens is 1. The lowest BCUT2D eigenvalue weighted by atomic mass is 10.1. The predicted molar refractivity (Wildman–Crippen MR) is 109 cm³/mol. The highest BCUT2D eigenvalue weighted by molar-refractivity contribution is 7.15. The van der Waals surface area contributed by atoms with Crippen molar-refractivity contribution in [2.75, 3.05) is 14.2 Å². The Balaban J connectivity index is 0.00000280. The summed E-state index contributed by atoms with van der Waals surface area (Å²) in [5.41, 5.74) is 11.2. The molecule has 1 aromatic carbocycles. The second kappa shape index (κ2) is 8.54. The molecule has 0 amide bonds. The Morgan fingerprint density at radius 1 is 1.32 bits per heavy atom. The fraction of sp³-hybridized carbons (Fsp3) is 0.133. The molecule has 4 N–H and O–H groups in total. The van der Waals surface area contributed by atoms with Crippen molar-refractivity contribution in [3.8, 4) is 22.8 Å². The number of imidazole rings is 1. The third kappa shape index (κ3) is 3.68. The zero-order valence-electron chi connectivity index (χ0n) is 14.7. The van der Waals surface area contributed by atoms with E-state index < -0.39 is 4.92 Å². The number of benzene rings is 1. The van der Waals surface area contributed by atoms with Gasteiger partial charge in [0.15, 0.2) is 10.7 Å². The van der Waals surface area contributed by atoms with E-state index in [9.17, 15) is 10.1 Å². The number of nitro groups is 1. The van der Waals surface area contributed by atoms with Crippen LogP contribution in [-0.2, 0) is 0 Å². The summed E-state index contributed by atoms with van der Waals surface area (Å²) in [4.78, 5) is 16.3. The minimum absolute atomic E-state index is 0. The van der Waals surface area contributed by atoms with Gasteiger partial charge in [-0.15, -0.1) is 28.8 Å². The van der Waals surface area contributed by atoms with Crippen molar-refractivity contribution in [2.45, 2.75) is 0 Å². The number of aromatic nitrogens is 2. The molecule has 0 fully saturated rings. The van der Waals surface area contributed by atoms with E-state index in [1.807, 2.05) is 5.38 Å². The smallest absolute Gasteiger partial charge is 0.324 e. The molecule has 13 heteroatoms. The van der Waals surface area contributed by atoms with Gasteiger partial charge in [-0.1, -0.05) is 0 Å². The minimum atomic E-state index is -0.541. The number of nitrogens with two attached hydrogens (primary N) is 2. The highest BCUT2D eigenvalue weighted by Gasteiger charge is 2.30. The molecule has 148 valence electrons. The Morgan fingerprint density at radius 3 is 2.61 bits per heavy atom. The molecule has 0 radical (unpaired) electrons. The van der Waals surface area contributed by atoms with Crippen molar-refractivity contribution >= 4 is 46.6 Å². The Labute approximate surface area is 168 Å². The number of ether oxygens (including phenoxy) is 2. The van der Waals surface area contributed by atoms with Crippen LogP contribution in [0.2, 0.25) is 0 Å². The zero-order chi connectivity index (χ0) is 19.6. The highest BCUT2D eigenvalue weighted by atomic mass is 35.5. The normalized spacial score (nSPS) is 10.6. The Bertz CT molecular complexity index is 1070. The number of fused-ring (bicyclic) bond motifs is 1. The van der Waals surface area contributed by atoms with Crippen molar-refractivity contribution in [1.29, 1.82) is 0 Å². The molecular formula is C15H16ClN7O4S. The van der Waals surface area contributed by atoms with Gasteiger partial charge >= 0.3 is 5.69 Å². The van der Waals surface area contributed by atoms with Crippen LogP contribution in [0.25, 0.3) is 16.2 Å². The first-order valence-corrected chi connectivity index (χ1v) is 8.33. The number of hydrogen-bond acceptors (Lipinski definition) is 8. The van der Waals surface area contributed by atoms with Gasteiger partial charge in [0.1, 0.15) is 17.0 Å². The van der Waals surface area contributed by atoms with Crippen molar-refractivity contribution in [3.63, 3.8) is 0 Å². The summed E-state index contributed by atoms with van der Waals surface area (Å²) in [6.07, 6.45) is 3.12. The predicted octanol–water partition coefficient (Wildman–Crippen LogP) is 2.02. The van der Waals surface area contributed by atoms with Crippen LogP contribution >= 0.6 is 23.7 Å². The Morgan fingerprint density at radius 2 is 2.00 bits per heavy atom. The number of hydrogen-bond donors (Lipinski definition) is 2. The van der Waals surface area contributed by atoms with E-state index in [-0.39, 0.29) is 41.1 Å². The fourth-order valence-electron chi connectivity index (χ4n) is 2.56. The van der Waals surface area contributed by atoms with Crippen LogP contribution in [0.5, 0.6) is 11.5 Å². The quantitative estimate of drug-likeness (QED) is 0.264. The lowest BCUT2D eigenvalue weighted by molar-refractivity contribution is -0.385. The molecule has 0 saturated heterocycles. The van der Waals surface area contributed by atoms with Crippen LogP contribution in [0.1, 0.15) is 5.69 Å². The molecule has 0 aliphatic rings. The lowest BCUT2D eigenvalue weighted by Gasteiger charge is -2.11. The molecule has 2 aromatic heterocycles. The maximum absolute atomic E-state index is 11.8. The average Bonchev–Trinajstić information content (AvgIpc) is 3.22. The number of rotatable bonds is 6. The summed E-state index contributed by atoms with van der Waals surface area (Å²) < 4.78 is 12.2. The molecule has 0 atom stereocenters. The van der Waals surface area contributed by atoms with Crippen LogP contribution in [0.4, 0.5) is 5.69 Å². The van der Waals surface area contributed by atoms with Gasteiger partial charge in [-0.3, -0.25) is 14.5 Å². The fourth-order valence-corrected chi connectivity index (χ4v) is 3.28. The first-order valence-electron chi connectivity index (χ1n) is 7.45. The van der Waals surface area contributed by atoms with Crippen LogP contribution in [-0.4, -0.2) is 40.7 Å². The standard InChI is InChI=1S/C15H15N7O4S.ClH/c1-25-9-3-4-10(26-2)13(22(23)24)11(9)12-8(7-18-20-14(16)17)21-5-6-27-15(21)19-12;/h3-7H,1-2H3,(H4,16,17,20);1H/b18-7+;. The summed E-state index contributed by atoms with van der Waals surface area (Å²) in [5.74, 6) is 0.132. The second-order valence-corrected chi connectivity index (χ2v) is 5.99. The molecule has 0 saturated carbocycles. The van der Waals surface area contributed by atoms with E-state index >= 15 is 0 Å². The van der Waals surface area contributed by atoms with E-state index in [4.69, 9.17) is 20.9 Å². The van der Waals surface area contributed by atoms with Gasteiger partial charge in [0.05, 0.1) is 31.1 Å². The third-order valence-electron chi connectivity index (χ3n) is 3.61. The maximum Gasteiger partial charge on any atom is 0.324 e.